The number of nitrogens with one attached hydrogen (secondary N) is 2. The summed E-state index contributed by atoms with van der Waals surface area (Å²) in [6, 6.07) is 8.28. The average molecular weight is 292 g/mol. The standard InChI is InChI=1S/C14H16N2O3S/c1-10-5-3-4-6-12(10)11(2)16-20(18,19)14-9-15-8-7-13(14)17/h3-9,11,16H,1-2H3,(H,15,17). The predicted molar refractivity (Wildman–Crippen MR) is 77.0 cm³/mol. The number of aryl methyl sites for hydroxylation is 1. The van der Waals surface area contributed by atoms with E-state index in [1.54, 1.807) is 6.92 Å². The van der Waals surface area contributed by atoms with Gasteiger partial charge in [-0.3, -0.25) is 4.79 Å². The van der Waals surface area contributed by atoms with E-state index in [0.29, 0.717) is 0 Å². The second-order valence-electron chi connectivity index (χ2n) is 4.57. The number of hydrogen-bond acceptors (Lipinski definition) is 3. The number of aromatic nitrogens is 1. The van der Waals surface area contributed by atoms with E-state index in [1.807, 2.05) is 31.2 Å². The molecule has 0 radical (unpaired) electrons. The number of sulfonamides is 1. The molecule has 1 atom stereocenters. The maximum atomic E-state index is 12.2. The molecular weight excluding hydrogens is 276 g/mol. The molecule has 0 aliphatic rings. The zero-order valence-corrected chi connectivity index (χ0v) is 12.1. The Labute approximate surface area is 117 Å². The van der Waals surface area contributed by atoms with Gasteiger partial charge in [0.1, 0.15) is 4.90 Å². The van der Waals surface area contributed by atoms with Crippen LogP contribution in [0.15, 0.2) is 52.4 Å². The number of H-pyrrole nitrogens is 1. The lowest BCUT2D eigenvalue weighted by Gasteiger charge is -2.16. The molecule has 5 nitrogen and oxygen atoms in total. The van der Waals surface area contributed by atoms with E-state index in [0.717, 1.165) is 11.1 Å². The summed E-state index contributed by atoms with van der Waals surface area (Å²) >= 11 is 0. The molecule has 0 bridgehead atoms. The van der Waals surface area contributed by atoms with Crippen LogP contribution in [0.1, 0.15) is 24.1 Å². The van der Waals surface area contributed by atoms with Crippen LogP contribution in [0.4, 0.5) is 0 Å². The Balaban J connectivity index is 2.32. The summed E-state index contributed by atoms with van der Waals surface area (Å²) in [7, 11) is -3.85. The lowest BCUT2D eigenvalue weighted by molar-refractivity contribution is 0.565. The van der Waals surface area contributed by atoms with Gasteiger partial charge in [0.2, 0.25) is 15.5 Å². The lowest BCUT2D eigenvalue weighted by atomic mass is 10.0. The Morgan fingerprint density at radius 2 is 1.90 bits per heavy atom. The highest BCUT2D eigenvalue weighted by Gasteiger charge is 2.21. The van der Waals surface area contributed by atoms with Crippen molar-refractivity contribution < 1.29 is 8.42 Å². The summed E-state index contributed by atoms with van der Waals surface area (Å²) < 4.78 is 27.0. The van der Waals surface area contributed by atoms with E-state index in [-0.39, 0.29) is 4.90 Å². The van der Waals surface area contributed by atoms with Crippen molar-refractivity contribution in [3.05, 3.63) is 64.1 Å². The van der Waals surface area contributed by atoms with Crippen molar-refractivity contribution in [2.75, 3.05) is 0 Å². The van der Waals surface area contributed by atoms with Crippen molar-refractivity contribution >= 4 is 10.0 Å². The summed E-state index contributed by atoms with van der Waals surface area (Å²) in [6.45, 7) is 3.66. The van der Waals surface area contributed by atoms with Gasteiger partial charge in [0.05, 0.1) is 0 Å². The smallest absolute Gasteiger partial charge is 0.246 e. The van der Waals surface area contributed by atoms with Gasteiger partial charge in [-0.2, -0.15) is 0 Å². The molecule has 0 saturated heterocycles. The quantitative estimate of drug-likeness (QED) is 0.900. The second kappa shape index (κ2) is 5.60. The Morgan fingerprint density at radius 3 is 2.55 bits per heavy atom. The Bertz CT molecular complexity index is 766. The minimum absolute atomic E-state index is 0.277. The molecule has 0 fully saturated rings. The molecule has 1 aromatic carbocycles. The molecule has 0 spiro atoms. The average Bonchev–Trinajstić information content (AvgIpc) is 2.38. The van der Waals surface area contributed by atoms with Gasteiger partial charge in [-0.1, -0.05) is 24.3 Å². The fraction of sp³-hybridized carbons (Fsp3) is 0.214. The van der Waals surface area contributed by atoms with E-state index in [4.69, 9.17) is 0 Å². The van der Waals surface area contributed by atoms with E-state index in [1.165, 1.54) is 18.5 Å². The third-order valence-corrected chi connectivity index (χ3v) is 4.63. The van der Waals surface area contributed by atoms with Crippen LogP contribution in [0.5, 0.6) is 0 Å². The molecule has 106 valence electrons. The van der Waals surface area contributed by atoms with Gasteiger partial charge < -0.3 is 4.98 Å². The van der Waals surface area contributed by atoms with Crippen molar-refractivity contribution in [3.63, 3.8) is 0 Å². The number of hydrogen-bond donors (Lipinski definition) is 2. The van der Waals surface area contributed by atoms with Crippen LogP contribution >= 0.6 is 0 Å². The number of pyridine rings is 1. The Morgan fingerprint density at radius 1 is 1.20 bits per heavy atom. The number of rotatable bonds is 4. The highest BCUT2D eigenvalue weighted by molar-refractivity contribution is 7.89. The fourth-order valence-electron chi connectivity index (χ4n) is 2.04. The Hall–Kier alpha value is -1.92. The third kappa shape index (κ3) is 2.97. The lowest BCUT2D eigenvalue weighted by Crippen LogP contribution is -2.30. The molecule has 2 rings (SSSR count). The zero-order valence-electron chi connectivity index (χ0n) is 11.3. The van der Waals surface area contributed by atoms with Crippen LogP contribution in [-0.4, -0.2) is 13.4 Å². The molecule has 0 aliphatic carbocycles. The van der Waals surface area contributed by atoms with Crippen LogP contribution in [0.25, 0.3) is 0 Å². The van der Waals surface area contributed by atoms with Crippen molar-refractivity contribution in [3.8, 4) is 0 Å². The van der Waals surface area contributed by atoms with E-state index < -0.39 is 21.5 Å². The monoisotopic (exact) mass is 292 g/mol. The first kappa shape index (κ1) is 14.5. The van der Waals surface area contributed by atoms with E-state index >= 15 is 0 Å². The number of benzene rings is 1. The molecule has 1 heterocycles. The van der Waals surface area contributed by atoms with Crippen LogP contribution in [0, 0.1) is 6.92 Å². The molecule has 0 aliphatic heterocycles. The maximum absolute atomic E-state index is 12.2. The highest BCUT2D eigenvalue weighted by atomic mass is 32.2. The van der Waals surface area contributed by atoms with Crippen molar-refractivity contribution in [2.24, 2.45) is 0 Å². The second-order valence-corrected chi connectivity index (χ2v) is 6.25. The number of aromatic amines is 1. The van der Waals surface area contributed by atoms with Crippen LogP contribution in [0.3, 0.4) is 0 Å². The molecule has 2 aromatic rings. The van der Waals surface area contributed by atoms with Gasteiger partial charge in [-0.05, 0) is 25.0 Å². The summed E-state index contributed by atoms with van der Waals surface area (Å²) in [6.07, 6.45) is 2.58. The molecule has 0 saturated carbocycles. The summed E-state index contributed by atoms with van der Waals surface area (Å²) in [4.78, 5) is 13.9. The first-order valence-electron chi connectivity index (χ1n) is 6.17. The summed E-state index contributed by atoms with van der Waals surface area (Å²) in [5, 5.41) is 0. The molecule has 6 heteroatoms. The zero-order chi connectivity index (χ0) is 14.8. The first-order valence-corrected chi connectivity index (χ1v) is 7.65. The summed E-state index contributed by atoms with van der Waals surface area (Å²) in [5.74, 6) is 0. The molecule has 1 aromatic heterocycles. The van der Waals surface area contributed by atoms with Crippen LogP contribution < -0.4 is 10.2 Å². The predicted octanol–water partition coefficient (Wildman–Crippen LogP) is 1.72. The van der Waals surface area contributed by atoms with Crippen molar-refractivity contribution in [2.45, 2.75) is 24.8 Å². The van der Waals surface area contributed by atoms with Crippen molar-refractivity contribution in [1.29, 1.82) is 0 Å². The topological polar surface area (TPSA) is 79.0 Å². The van der Waals surface area contributed by atoms with Crippen molar-refractivity contribution in [1.82, 2.24) is 9.71 Å². The minimum atomic E-state index is -3.85. The summed E-state index contributed by atoms with van der Waals surface area (Å²) in [5.41, 5.74) is 1.33. The fourth-order valence-corrected chi connectivity index (χ4v) is 3.32. The Kier molecular flexibility index (Phi) is 4.06. The van der Waals surface area contributed by atoms with Gasteiger partial charge in [-0.15, -0.1) is 0 Å². The molecular formula is C14H16N2O3S. The van der Waals surface area contributed by atoms with Gasteiger partial charge in [0.25, 0.3) is 0 Å². The van der Waals surface area contributed by atoms with Crippen LogP contribution in [0.2, 0.25) is 0 Å². The SMILES string of the molecule is Cc1ccccc1C(C)NS(=O)(=O)c1c[nH]ccc1=O. The van der Waals surface area contributed by atoms with E-state index in [9.17, 15) is 13.2 Å². The van der Waals surface area contributed by atoms with Crippen LogP contribution in [-0.2, 0) is 10.0 Å². The molecule has 0 amide bonds. The molecule has 1 unspecified atom stereocenters. The van der Waals surface area contributed by atoms with Gasteiger partial charge in [0.15, 0.2) is 0 Å². The minimum Gasteiger partial charge on any atom is -0.366 e. The molecule has 2 N–H and O–H groups in total. The van der Waals surface area contributed by atoms with E-state index in [2.05, 4.69) is 9.71 Å². The highest BCUT2D eigenvalue weighted by Crippen LogP contribution is 2.18. The maximum Gasteiger partial charge on any atom is 0.246 e. The van der Waals surface area contributed by atoms with Gasteiger partial charge >= 0.3 is 0 Å². The molecule has 20 heavy (non-hydrogen) atoms. The largest absolute Gasteiger partial charge is 0.366 e. The van der Waals surface area contributed by atoms with Gasteiger partial charge in [-0.25, -0.2) is 13.1 Å². The third-order valence-electron chi connectivity index (χ3n) is 3.06. The normalized spacial score (nSPS) is 13.1. The first-order chi connectivity index (χ1) is 9.42. The van der Waals surface area contributed by atoms with Gasteiger partial charge in [0, 0.05) is 24.5 Å².